The van der Waals surface area contributed by atoms with E-state index in [-0.39, 0.29) is 0 Å². The van der Waals surface area contributed by atoms with Gasteiger partial charge in [0.15, 0.2) is 0 Å². The van der Waals surface area contributed by atoms with Gasteiger partial charge in [-0.05, 0) is 74.2 Å². The molecule has 0 heterocycles. The smallest absolute Gasteiger partial charge is 0.00818 e. The Bertz CT molecular complexity index is 1010. The Hall–Kier alpha value is -2.08. The van der Waals surface area contributed by atoms with Gasteiger partial charge in [0, 0.05) is 0 Å². The molecule has 0 saturated heterocycles. The van der Waals surface area contributed by atoms with E-state index in [4.69, 9.17) is 0 Å². The summed E-state index contributed by atoms with van der Waals surface area (Å²) in [7, 11) is 0. The molecule has 0 nitrogen and oxygen atoms in total. The molecule has 0 radical (unpaired) electrons. The topological polar surface area (TPSA) is 0 Å². The Balaban J connectivity index is 2.16. The van der Waals surface area contributed by atoms with Crippen molar-refractivity contribution in [1.29, 1.82) is 0 Å². The molecule has 0 heteroatoms. The van der Waals surface area contributed by atoms with Gasteiger partial charge in [0.05, 0.1) is 0 Å². The van der Waals surface area contributed by atoms with Gasteiger partial charge in [-0.1, -0.05) is 36.5 Å². The summed E-state index contributed by atoms with van der Waals surface area (Å²) in [6.07, 6.45) is 17.3. The lowest BCUT2D eigenvalue weighted by atomic mass is 9.96. The number of hydrogen-bond acceptors (Lipinski definition) is 0. The molecule has 0 spiro atoms. The zero-order chi connectivity index (χ0) is 12.4. The minimum absolute atomic E-state index is 1.08. The van der Waals surface area contributed by atoms with Gasteiger partial charge in [0.2, 0.25) is 0 Å². The monoisotopic (exact) mass is 242 g/mol. The van der Waals surface area contributed by atoms with Gasteiger partial charge in [-0.25, -0.2) is 0 Å². The van der Waals surface area contributed by atoms with Crippen LogP contribution in [0.4, 0.5) is 0 Å². The number of benzene rings is 2. The van der Waals surface area contributed by atoms with Crippen molar-refractivity contribution in [3.63, 3.8) is 0 Å². The number of allylic oxidation sites excluding steroid dienone is 1. The minimum atomic E-state index is 1.08. The van der Waals surface area contributed by atoms with Crippen molar-refractivity contribution >= 4 is 41.2 Å². The van der Waals surface area contributed by atoms with E-state index in [1.165, 1.54) is 42.8 Å². The first kappa shape index (κ1) is 9.80. The summed E-state index contributed by atoms with van der Waals surface area (Å²) < 4.78 is 0. The zero-order valence-electron chi connectivity index (χ0n) is 10.7. The number of hydrogen-bond donors (Lipinski definition) is 0. The van der Waals surface area contributed by atoms with Crippen molar-refractivity contribution in [1.82, 2.24) is 0 Å². The highest BCUT2D eigenvalue weighted by Crippen LogP contribution is 2.23. The van der Waals surface area contributed by atoms with Crippen molar-refractivity contribution in [2.75, 3.05) is 0 Å². The summed E-state index contributed by atoms with van der Waals surface area (Å²) in [4.78, 5) is 0. The average Bonchev–Trinajstić information content (AvgIpc) is 3.15. The Kier molecular flexibility index (Phi) is 1.69. The van der Waals surface area contributed by atoms with Gasteiger partial charge in [0.1, 0.15) is 0 Å². The van der Waals surface area contributed by atoms with Crippen LogP contribution in [0.15, 0.2) is 18.2 Å². The van der Waals surface area contributed by atoms with E-state index in [1.807, 2.05) is 0 Å². The van der Waals surface area contributed by atoms with Crippen LogP contribution in [0.1, 0.15) is 24.0 Å². The van der Waals surface area contributed by atoms with Gasteiger partial charge in [0.25, 0.3) is 0 Å². The highest BCUT2D eigenvalue weighted by atomic mass is 14.2. The van der Waals surface area contributed by atoms with E-state index in [0.717, 1.165) is 19.3 Å². The Morgan fingerprint density at radius 1 is 0.737 bits per heavy atom. The van der Waals surface area contributed by atoms with Crippen LogP contribution in [-0.4, -0.2) is 0 Å². The van der Waals surface area contributed by atoms with Crippen molar-refractivity contribution in [2.24, 2.45) is 0 Å². The molecule has 0 amide bonds. The molecule has 3 aliphatic carbocycles. The van der Waals surface area contributed by atoms with E-state index in [9.17, 15) is 0 Å². The lowest BCUT2D eigenvalue weighted by molar-refractivity contribution is 1.32. The zero-order valence-corrected chi connectivity index (χ0v) is 10.7. The molecular weight excluding hydrogens is 228 g/mol. The standard InChI is InChI=1S/C19H14/c1-4-12-10-18-16-8-2-6-14(16)15-7-3-9-17(15)19(18)11-13(12)5-1/h2,4-7,9-11H,1,3,8H2. The summed E-state index contributed by atoms with van der Waals surface area (Å²) in [5.41, 5.74) is 3.00. The maximum Gasteiger partial charge on any atom is -0.00818 e. The van der Waals surface area contributed by atoms with E-state index in [1.54, 1.807) is 0 Å². The molecule has 0 N–H and O–H groups in total. The van der Waals surface area contributed by atoms with Crippen molar-refractivity contribution < 1.29 is 0 Å². The molecule has 19 heavy (non-hydrogen) atoms. The first-order valence-corrected chi connectivity index (χ1v) is 7.08. The van der Waals surface area contributed by atoms with E-state index in [0.29, 0.717) is 0 Å². The number of rotatable bonds is 0. The van der Waals surface area contributed by atoms with Crippen LogP contribution in [0.5, 0.6) is 0 Å². The summed E-state index contributed by atoms with van der Waals surface area (Å²) in [6.45, 7) is 0. The third kappa shape index (κ3) is 1.14. The number of fused-ring (bicyclic) bond motifs is 7. The molecule has 0 aromatic heterocycles. The van der Waals surface area contributed by atoms with Crippen molar-refractivity contribution in [3.8, 4) is 0 Å². The molecule has 0 saturated carbocycles. The fourth-order valence-electron chi connectivity index (χ4n) is 3.81. The molecule has 3 aliphatic rings. The third-order valence-electron chi connectivity index (χ3n) is 4.67. The summed E-state index contributed by atoms with van der Waals surface area (Å²) >= 11 is 0. The highest BCUT2D eigenvalue weighted by molar-refractivity contribution is 5.93. The summed E-state index contributed by atoms with van der Waals surface area (Å²) in [5.74, 6) is 0. The van der Waals surface area contributed by atoms with Gasteiger partial charge in [-0.15, -0.1) is 0 Å². The molecule has 2 aromatic carbocycles. The van der Waals surface area contributed by atoms with Gasteiger partial charge in [-0.3, -0.25) is 0 Å². The van der Waals surface area contributed by atoms with Crippen LogP contribution >= 0.6 is 0 Å². The Morgan fingerprint density at radius 3 is 2.37 bits per heavy atom. The molecule has 0 bridgehead atoms. The third-order valence-corrected chi connectivity index (χ3v) is 4.67. The second-order valence-corrected chi connectivity index (χ2v) is 5.64. The predicted octanol–water partition coefficient (Wildman–Crippen LogP) is 1.34. The van der Waals surface area contributed by atoms with Crippen LogP contribution in [0, 0.1) is 0 Å². The molecule has 0 fully saturated rings. The van der Waals surface area contributed by atoms with Crippen molar-refractivity contribution in [2.45, 2.75) is 19.3 Å². The average molecular weight is 242 g/mol. The molecular formula is C19H14. The fourth-order valence-corrected chi connectivity index (χ4v) is 3.81. The molecule has 5 rings (SSSR count). The Morgan fingerprint density at radius 2 is 1.47 bits per heavy atom. The first-order valence-electron chi connectivity index (χ1n) is 7.08. The molecule has 90 valence electrons. The normalized spacial score (nSPS) is 17.3. The molecule has 0 unspecified atom stereocenters. The van der Waals surface area contributed by atoms with Crippen LogP contribution in [0.25, 0.3) is 41.2 Å². The van der Waals surface area contributed by atoms with Crippen LogP contribution < -0.4 is 20.9 Å². The molecule has 0 aliphatic heterocycles. The van der Waals surface area contributed by atoms with Crippen molar-refractivity contribution in [3.05, 3.63) is 50.2 Å². The minimum Gasteiger partial charge on any atom is -0.0795 e. The van der Waals surface area contributed by atoms with Gasteiger partial charge in [-0.2, -0.15) is 0 Å². The van der Waals surface area contributed by atoms with Gasteiger partial charge < -0.3 is 0 Å². The van der Waals surface area contributed by atoms with E-state index < -0.39 is 0 Å². The second kappa shape index (κ2) is 3.27. The fraction of sp³-hybridized carbons (Fsp3) is 0.158. The Labute approximate surface area is 111 Å². The van der Waals surface area contributed by atoms with Gasteiger partial charge >= 0.3 is 0 Å². The van der Waals surface area contributed by atoms with Crippen LogP contribution in [0.3, 0.4) is 0 Å². The largest absolute Gasteiger partial charge is 0.0795 e. The van der Waals surface area contributed by atoms with E-state index in [2.05, 4.69) is 48.6 Å². The van der Waals surface area contributed by atoms with E-state index >= 15 is 0 Å². The maximum atomic E-state index is 2.41. The second-order valence-electron chi connectivity index (χ2n) is 5.64. The van der Waals surface area contributed by atoms with Crippen LogP contribution in [0.2, 0.25) is 0 Å². The lowest BCUT2D eigenvalue weighted by Gasteiger charge is -2.07. The molecule has 0 atom stereocenters. The molecule has 2 aromatic rings. The van der Waals surface area contributed by atoms with Crippen LogP contribution in [-0.2, 0) is 6.42 Å². The predicted molar refractivity (Wildman–Crippen MR) is 82.3 cm³/mol. The maximum absolute atomic E-state index is 2.41. The summed E-state index contributed by atoms with van der Waals surface area (Å²) in [6, 6.07) is 4.81. The quantitative estimate of drug-likeness (QED) is 0.654. The lowest BCUT2D eigenvalue weighted by Crippen LogP contribution is -2.30. The SMILES string of the molecule is C1=Cc2c(c3cc4c(cc3c3c2=CCC=3)=CCC=4)C1. The summed E-state index contributed by atoms with van der Waals surface area (Å²) in [5, 5.41) is 8.69. The highest BCUT2D eigenvalue weighted by Gasteiger charge is 2.15. The first-order chi connectivity index (χ1) is 9.42.